The highest BCUT2D eigenvalue weighted by Gasteiger charge is 2.22. The molecule has 112 valence electrons. The Morgan fingerprint density at radius 2 is 2.20 bits per heavy atom. The highest BCUT2D eigenvalue weighted by molar-refractivity contribution is 5.42. The van der Waals surface area contributed by atoms with E-state index in [4.69, 9.17) is 0 Å². The molecule has 0 radical (unpaired) electrons. The third-order valence-electron chi connectivity index (χ3n) is 4.06. The molecule has 20 heavy (non-hydrogen) atoms. The van der Waals surface area contributed by atoms with E-state index in [-0.39, 0.29) is 0 Å². The number of nitrogens with one attached hydrogen (secondary N) is 1. The van der Waals surface area contributed by atoms with E-state index in [9.17, 15) is 0 Å². The lowest BCUT2D eigenvalue weighted by Crippen LogP contribution is -2.39. The van der Waals surface area contributed by atoms with Crippen LogP contribution in [0.5, 0.6) is 0 Å². The summed E-state index contributed by atoms with van der Waals surface area (Å²) < 4.78 is 0. The molecule has 1 aliphatic rings. The molecule has 2 rings (SSSR count). The Kier molecular flexibility index (Phi) is 5.80. The van der Waals surface area contributed by atoms with Crippen molar-refractivity contribution in [3.63, 3.8) is 0 Å². The Morgan fingerprint density at radius 1 is 1.35 bits per heavy atom. The summed E-state index contributed by atoms with van der Waals surface area (Å²) in [6, 6.07) is 4.87. The molecular weight excluding hydrogens is 248 g/mol. The van der Waals surface area contributed by atoms with Gasteiger partial charge in [0.1, 0.15) is 0 Å². The van der Waals surface area contributed by atoms with Gasteiger partial charge < -0.3 is 10.2 Å². The molecule has 0 aliphatic carbocycles. The molecule has 4 nitrogen and oxygen atoms in total. The Bertz CT molecular complexity index is 407. The molecule has 0 saturated carbocycles. The smallest absolute Gasteiger partial charge is 0.0564 e. The van der Waals surface area contributed by atoms with E-state index in [0.29, 0.717) is 6.04 Å². The van der Waals surface area contributed by atoms with Gasteiger partial charge in [-0.25, -0.2) is 0 Å². The molecule has 0 spiro atoms. The van der Waals surface area contributed by atoms with Crippen LogP contribution < -0.4 is 5.32 Å². The van der Waals surface area contributed by atoms with Crippen molar-refractivity contribution in [2.75, 3.05) is 38.5 Å². The first-order valence-electron chi connectivity index (χ1n) is 7.84. The van der Waals surface area contributed by atoms with Crippen LogP contribution in [0.2, 0.25) is 0 Å². The highest BCUT2D eigenvalue weighted by Crippen LogP contribution is 2.16. The largest absolute Gasteiger partial charge is 0.385 e. The Balaban J connectivity index is 2.04. The molecule has 0 amide bonds. The van der Waals surface area contributed by atoms with E-state index >= 15 is 0 Å². The summed E-state index contributed by atoms with van der Waals surface area (Å²) in [5.74, 6) is 0. The van der Waals surface area contributed by atoms with Gasteiger partial charge >= 0.3 is 0 Å². The fourth-order valence-corrected chi connectivity index (χ4v) is 2.98. The normalized spacial score (nSPS) is 21.6. The van der Waals surface area contributed by atoms with E-state index in [1.807, 2.05) is 12.3 Å². The molecule has 2 heterocycles. The first-order chi connectivity index (χ1) is 9.72. The lowest BCUT2D eigenvalue weighted by atomic mass is 10.1. The summed E-state index contributed by atoms with van der Waals surface area (Å²) in [6.07, 6.45) is 4.37. The van der Waals surface area contributed by atoms with Gasteiger partial charge in [-0.2, -0.15) is 0 Å². The van der Waals surface area contributed by atoms with E-state index in [2.05, 4.69) is 47.1 Å². The Hall–Kier alpha value is -1.13. The van der Waals surface area contributed by atoms with Crippen LogP contribution in [-0.2, 0) is 6.54 Å². The zero-order chi connectivity index (χ0) is 14.4. The van der Waals surface area contributed by atoms with Crippen LogP contribution in [0, 0.1) is 0 Å². The second-order valence-electron chi connectivity index (χ2n) is 5.71. The summed E-state index contributed by atoms with van der Waals surface area (Å²) in [5.41, 5.74) is 2.35. The molecule has 1 aromatic heterocycles. The quantitative estimate of drug-likeness (QED) is 0.895. The van der Waals surface area contributed by atoms with Crippen molar-refractivity contribution >= 4 is 5.69 Å². The first-order valence-corrected chi connectivity index (χ1v) is 7.84. The molecular formula is C16H28N4. The summed E-state index contributed by atoms with van der Waals surface area (Å²) >= 11 is 0. The molecule has 1 aromatic rings. The molecule has 4 heteroatoms. The van der Waals surface area contributed by atoms with Crippen molar-refractivity contribution in [3.05, 3.63) is 24.0 Å². The zero-order valence-corrected chi connectivity index (χ0v) is 13.1. The third-order valence-corrected chi connectivity index (χ3v) is 4.06. The summed E-state index contributed by atoms with van der Waals surface area (Å²) in [6.45, 7) is 9.88. The summed E-state index contributed by atoms with van der Waals surface area (Å²) in [5, 5.41) is 3.36. The molecule has 1 fully saturated rings. The van der Waals surface area contributed by atoms with Crippen molar-refractivity contribution in [1.29, 1.82) is 0 Å². The maximum Gasteiger partial charge on any atom is 0.0564 e. The SMILES string of the molecule is CCNc1ccnc(CN2CCCN(C)CC2CC)c1. The lowest BCUT2D eigenvalue weighted by Gasteiger charge is -2.29. The predicted octanol–water partition coefficient (Wildman–Crippen LogP) is 2.43. The van der Waals surface area contributed by atoms with E-state index in [1.165, 1.54) is 43.9 Å². The van der Waals surface area contributed by atoms with Crippen LogP contribution in [0.1, 0.15) is 32.4 Å². The third kappa shape index (κ3) is 4.18. The van der Waals surface area contributed by atoms with Crippen molar-refractivity contribution in [2.45, 2.75) is 39.3 Å². The lowest BCUT2D eigenvalue weighted by molar-refractivity contribution is 0.174. The molecule has 0 bridgehead atoms. The number of aromatic nitrogens is 1. The van der Waals surface area contributed by atoms with E-state index < -0.39 is 0 Å². The second-order valence-corrected chi connectivity index (χ2v) is 5.71. The molecule has 1 aliphatic heterocycles. The second kappa shape index (κ2) is 7.60. The first kappa shape index (κ1) is 15.3. The van der Waals surface area contributed by atoms with Crippen LogP contribution in [0.3, 0.4) is 0 Å². The monoisotopic (exact) mass is 276 g/mol. The Labute approximate surface area is 123 Å². The van der Waals surface area contributed by atoms with Crippen LogP contribution in [0.4, 0.5) is 5.69 Å². The number of hydrogen-bond donors (Lipinski definition) is 1. The maximum atomic E-state index is 4.54. The molecule has 1 atom stereocenters. The van der Waals surface area contributed by atoms with Gasteiger partial charge in [-0.15, -0.1) is 0 Å². The average molecular weight is 276 g/mol. The average Bonchev–Trinajstić information content (AvgIpc) is 2.61. The number of likely N-dealkylation sites (N-methyl/N-ethyl adjacent to an activating group) is 1. The molecule has 1 unspecified atom stereocenters. The van der Waals surface area contributed by atoms with Crippen LogP contribution in [0.25, 0.3) is 0 Å². The van der Waals surface area contributed by atoms with Crippen LogP contribution in [0.15, 0.2) is 18.3 Å². The minimum Gasteiger partial charge on any atom is -0.385 e. The number of anilines is 1. The fourth-order valence-electron chi connectivity index (χ4n) is 2.98. The number of nitrogens with zero attached hydrogens (tertiary/aromatic N) is 3. The zero-order valence-electron chi connectivity index (χ0n) is 13.1. The van der Waals surface area contributed by atoms with E-state index in [0.717, 1.165) is 13.1 Å². The van der Waals surface area contributed by atoms with Gasteiger partial charge in [-0.05, 0) is 45.5 Å². The van der Waals surface area contributed by atoms with Crippen molar-refractivity contribution in [2.24, 2.45) is 0 Å². The minimum atomic E-state index is 0.645. The van der Waals surface area contributed by atoms with Crippen molar-refractivity contribution in [3.8, 4) is 0 Å². The predicted molar refractivity (Wildman–Crippen MR) is 85.0 cm³/mol. The molecule has 1 saturated heterocycles. The van der Waals surface area contributed by atoms with Crippen molar-refractivity contribution in [1.82, 2.24) is 14.8 Å². The van der Waals surface area contributed by atoms with Gasteiger partial charge in [-0.1, -0.05) is 6.92 Å². The number of rotatable bonds is 5. The van der Waals surface area contributed by atoms with Crippen LogP contribution >= 0.6 is 0 Å². The van der Waals surface area contributed by atoms with Gasteiger partial charge in [0.2, 0.25) is 0 Å². The van der Waals surface area contributed by atoms with Gasteiger partial charge in [0.25, 0.3) is 0 Å². The van der Waals surface area contributed by atoms with Crippen LogP contribution in [-0.4, -0.2) is 54.1 Å². The number of pyridine rings is 1. The molecule has 1 N–H and O–H groups in total. The highest BCUT2D eigenvalue weighted by atomic mass is 15.2. The van der Waals surface area contributed by atoms with E-state index in [1.54, 1.807) is 0 Å². The van der Waals surface area contributed by atoms with Gasteiger partial charge in [-0.3, -0.25) is 9.88 Å². The standard InChI is InChI=1S/C16H28N4/c1-4-16-13-19(3)9-6-10-20(16)12-15-11-14(17-5-2)7-8-18-15/h7-8,11,16H,4-6,9-10,12-13H2,1-3H3,(H,17,18). The van der Waals surface area contributed by atoms with Gasteiger partial charge in [0.15, 0.2) is 0 Å². The Morgan fingerprint density at radius 3 is 2.95 bits per heavy atom. The van der Waals surface area contributed by atoms with Gasteiger partial charge in [0, 0.05) is 44.1 Å². The summed E-state index contributed by atoms with van der Waals surface area (Å²) in [4.78, 5) is 9.59. The minimum absolute atomic E-state index is 0.645. The maximum absolute atomic E-state index is 4.54. The van der Waals surface area contributed by atoms with Gasteiger partial charge in [0.05, 0.1) is 5.69 Å². The topological polar surface area (TPSA) is 31.4 Å². The van der Waals surface area contributed by atoms with Crippen molar-refractivity contribution < 1.29 is 0 Å². The molecule has 0 aromatic carbocycles. The fraction of sp³-hybridized carbons (Fsp3) is 0.688. The number of hydrogen-bond acceptors (Lipinski definition) is 4. The summed E-state index contributed by atoms with van der Waals surface area (Å²) in [7, 11) is 2.23.